The van der Waals surface area contributed by atoms with Gasteiger partial charge in [-0.1, -0.05) is 164 Å². The van der Waals surface area contributed by atoms with E-state index in [2.05, 4.69) is 170 Å². The maximum atomic E-state index is 6.78. The molecule has 0 unspecified atom stereocenters. The Morgan fingerprint density at radius 3 is 1.41 bits per heavy atom. The first-order chi connectivity index (χ1) is 26.8. The molecule has 2 heterocycles. The van der Waals surface area contributed by atoms with Gasteiger partial charge in [-0.3, -0.25) is 0 Å². The van der Waals surface area contributed by atoms with Crippen LogP contribution in [0.1, 0.15) is 0 Å². The highest BCUT2D eigenvalue weighted by Gasteiger charge is 2.22. The Hall–Kier alpha value is -7.16. The zero-order valence-corrected chi connectivity index (χ0v) is 29.1. The van der Waals surface area contributed by atoms with Crippen LogP contribution in [0.2, 0.25) is 0 Å². The monoisotopic (exact) mass is 686 g/mol. The van der Waals surface area contributed by atoms with E-state index in [4.69, 9.17) is 8.83 Å². The van der Waals surface area contributed by atoms with Crippen molar-refractivity contribution in [1.82, 2.24) is 0 Å². The Morgan fingerprint density at radius 1 is 0.278 bits per heavy atom. The quantitative estimate of drug-likeness (QED) is 0.173. The van der Waals surface area contributed by atoms with Gasteiger partial charge in [-0.25, -0.2) is 0 Å². The smallest absolute Gasteiger partial charge is 0.144 e. The van der Waals surface area contributed by atoms with Crippen LogP contribution < -0.4 is 0 Å². The molecule has 0 aliphatic carbocycles. The fourth-order valence-corrected chi connectivity index (χ4v) is 9.08. The summed E-state index contributed by atoms with van der Waals surface area (Å²) in [4.78, 5) is 0. The van der Waals surface area contributed by atoms with Crippen LogP contribution in [0.4, 0.5) is 0 Å². The molecule has 0 spiro atoms. The van der Waals surface area contributed by atoms with Gasteiger partial charge in [-0.05, 0) is 83.9 Å². The SMILES string of the molecule is c1ccc2c(-c3c4ccccc4c(-c4ccc(-c5ccc6c(c5)oc5c7ccccc7c7oc8ccccc8c7c65)cc4)c4ccccc34)cccc2c1. The molecule has 0 fully saturated rings. The number of benzene rings is 10. The molecule has 0 aliphatic rings. The minimum Gasteiger partial charge on any atom is -0.455 e. The lowest BCUT2D eigenvalue weighted by molar-refractivity contribution is 0.668. The maximum absolute atomic E-state index is 6.78. The van der Waals surface area contributed by atoms with E-state index in [-0.39, 0.29) is 0 Å². The van der Waals surface area contributed by atoms with E-state index in [9.17, 15) is 0 Å². The van der Waals surface area contributed by atoms with E-state index in [0.717, 1.165) is 65.8 Å². The highest BCUT2D eigenvalue weighted by molar-refractivity contribution is 6.34. The van der Waals surface area contributed by atoms with Crippen LogP contribution in [0.25, 0.3) is 120 Å². The lowest BCUT2D eigenvalue weighted by Gasteiger charge is -2.19. The molecule has 0 bridgehead atoms. The summed E-state index contributed by atoms with van der Waals surface area (Å²) in [6, 6.07) is 65.5. The molecule has 0 amide bonds. The molecule has 10 aromatic carbocycles. The standard InChI is InChI=1S/C52H30O2/c1-2-14-35-32(12-1)13-11-22-36(35)48-39-17-5-3-15-37(39)47(38-16-4-6-18-40(38)48)33-26-24-31(25-27-33)34-28-29-44-46(30-34)54-52-42-20-8-7-19-41(42)51-49(50(44)52)43-21-9-10-23-45(43)53-51/h1-30H. The number of fused-ring (bicyclic) bond motifs is 13. The topological polar surface area (TPSA) is 26.3 Å². The molecule has 0 N–H and O–H groups in total. The first-order valence-corrected chi connectivity index (χ1v) is 18.5. The molecule has 0 saturated carbocycles. The number of rotatable bonds is 3. The summed E-state index contributed by atoms with van der Waals surface area (Å²) in [7, 11) is 0. The van der Waals surface area contributed by atoms with E-state index >= 15 is 0 Å². The van der Waals surface area contributed by atoms with Crippen molar-refractivity contribution in [2.24, 2.45) is 0 Å². The third-order valence-electron chi connectivity index (χ3n) is 11.4. The third kappa shape index (κ3) is 4.11. The summed E-state index contributed by atoms with van der Waals surface area (Å²) in [6.07, 6.45) is 0. The van der Waals surface area contributed by atoms with Crippen molar-refractivity contribution in [2.75, 3.05) is 0 Å². The van der Waals surface area contributed by atoms with Gasteiger partial charge >= 0.3 is 0 Å². The average Bonchev–Trinajstić information content (AvgIpc) is 3.82. The molecule has 250 valence electrons. The van der Waals surface area contributed by atoms with Gasteiger partial charge in [-0.2, -0.15) is 0 Å². The minimum atomic E-state index is 0.871. The largest absolute Gasteiger partial charge is 0.455 e. The van der Waals surface area contributed by atoms with Crippen LogP contribution >= 0.6 is 0 Å². The lowest BCUT2D eigenvalue weighted by Crippen LogP contribution is -1.91. The molecule has 0 atom stereocenters. The second-order valence-corrected chi connectivity index (χ2v) is 14.3. The minimum absolute atomic E-state index is 0.871. The lowest BCUT2D eigenvalue weighted by atomic mass is 9.84. The Bertz CT molecular complexity index is 3430. The first-order valence-electron chi connectivity index (χ1n) is 18.5. The summed E-state index contributed by atoms with van der Waals surface area (Å²) >= 11 is 0. The molecule has 0 aliphatic heterocycles. The van der Waals surface area contributed by atoms with Gasteiger partial charge in [-0.15, -0.1) is 0 Å². The van der Waals surface area contributed by atoms with Crippen LogP contribution in [0, 0.1) is 0 Å². The van der Waals surface area contributed by atoms with Crippen LogP contribution in [-0.2, 0) is 0 Å². The Labute approximate surface area is 310 Å². The molecule has 54 heavy (non-hydrogen) atoms. The van der Waals surface area contributed by atoms with Crippen molar-refractivity contribution in [1.29, 1.82) is 0 Å². The van der Waals surface area contributed by atoms with Gasteiger partial charge in [0, 0.05) is 32.3 Å². The molecule has 2 aromatic heterocycles. The fraction of sp³-hybridized carbons (Fsp3) is 0. The molecule has 2 nitrogen and oxygen atoms in total. The van der Waals surface area contributed by atoms with Crippen molar-refractivity contribution in [2.45, 2.75) is 0 Å². The number of para-hydroxylation sites is 1. The Balaban J connectivity index is 1.03. The van der Waals surface area contributed by atoms with Gasteiger partial charge in [0.1, 0.15) is 22.3 Å². The number of hydrogen-bond acceptors (Lipinski definition) is 2. The van der Waals surface area contributed by atoms with E-state index in [0.29, 0.717) is 0 Å². The average molecular weight is 687 g/mol. The summed E-state index contributed by atoms with van der Waals surface area (Å²) in [5.74, 6) is 0. The predicted octanol–water partition coefficient (Wildman–Crippen LogP) is 15.1. The van der Waals surface area contributed by atoms with Crippen molar-refractivity contribution in [3.8, 4) is 33.4 Å². The van der Waals surface area contributed by atoms with Gasteiger partial charge in [0.2, 0.25) is 0 Å². The second-order valence-electron chi connectivity index (χ2n) is 14.3. The van der Waals surface area contributed by atoms with Crippen LogP contribution in [0.5, 0.6) is 0 Å². The normalized spacial score (nSPS) is 12.1. The second kappa shape index (κ2) is 11.2. The summed E-state index contributed by atoms with van der Waals surface area (Å²) in [6.45, 7) is 0. The van der Waals surface area contributed by atoms with Crippen molar-refractivity contribution >= 4 is 87.0 Å². The first kappa shape index (κ1) is 29.4. The molecular weight excluding hydrogens is 657 g/mol. The zero-order chi connectivity index (χ0) is 35.3. The van der Waals surface area contributed by atoms with Crippen molar-refractivity contribution < 1.29 is 8.83 Å². The summed E-state index contributed by atoms with van der Waals surface area (Å²) < 4.78 is 13.3. The Morgan fingerprint density at radius 2 is 0.741 bits per heavy atom. The molecular formula is C52H30O2. The summed E-state index contributed by atoms with van der Waals surface area (Å²) in [5, 5.41) is 14.1. The third-order valence-corrected chi connectivity index (χ3v) is 11.4. The van der Waals surface area contributed by atoms with Gasteiger partial charge < -0.3 is 8.83 Å². The van der Waals surface area contributed by atoms with Crippen molar-refractivity contribution in [3.05, 3.63) is 182 Å². The van der Waals surface area contributed by atoms with Gasteiger partial charge in [0.25, 0.3) is 0 Å². The molecule has 2 heteroatoms. The number of furan rings is 2. The molecule has 12 rings (SSSR count). The van der Waals surface area contributed by atoms with E-state index in [1.165, 1.54) is 54.6 Å². The zero-order valence-electron chi connectivity index (χ0n) is 29.1. The molecule has 0 saturated heterocycles. The van der Waals surface area contributed by atoms with Crippen LogP contribution in [0.3, 0.4) is 0 Å². The fourth-order valence-electron chi connectivity index (χ4n) is 9.08. The summed E-state index contributed by atoms with van der Waals surface area (Å²) in [5.41, 5.74) is 10.8. The van der Waals surface area contributed by atoms with Crippen molar-refractivity contribution in [3.63, 3.8) is 0 Å². The van der Waals surface area contributed by atoms with E-state index in [1.807, 2.05) is 12.1 Å². The van der Waals surface area contributed by atoms with Gasteiger partial charge in [0.05, 0.1) is 0 Å². The predicted molar refractivity (Wildman–Crippen MR) is 227 cm³/mol. The Kier molecular flexibility index (Phi) is 6.09. The van der Waals surface area contributed by atoms with Gasteiger partial charge in [0.15, 0.2) is 0 Å². The molecule has 12 aromatic rings. The highest BCUT2D eigenvalue weighted by Crippen LogP contribution is 2.47. The highest BCUT2D eigenvalue weighted by atomic mass is 16.3. The van der Waals surface area contributed by atoms with Crippen LogP contribution in [0.15, 0.2) is 191 Å². The van der Waals surface area contributed by atoms with Crippen LogP contribution in [-0.4, -0.2) is 0 Å². The number of hydrogen-bond donors (Lipinski definition) is 0. The van der Waals surface area contributed by atoms with E-state index < -0.39 is 0 Å². The van der Waals surface area contributed by atoms with E-state index in [1.54, 1.807) is 0 Å². The maximum Gasteiger partial charge on any atom is 0.144 e. The molecule has 0 radical (unpaired) electrons.